The molecule has 17 heavy (non-hydrogen) atoms. The molecule has 0 fully saturated rings. The predicted octanol–water partition coefficient (Wildman–Crippen LogP) is 2.65. The third-order valence-electron chi connectivity index (χ3n) is 2.04. The highest BCUT2D eigenvalue weighted by Crippen LogP contribution is 1.96. The maximum Gasteiger partial charge on any atom is 0.0729 e. The molecule has 2 rings (SSSR count). The lowest BCUT2D eigenvalue weighted by Gasteiger charge is -2.15. The Bertz CT molecular complexity index is 389. The smallest absolute Gasteiger partial charge is 0.0729 e. The Morgan fingerprint density at radius 2 is 2.24 bits per heavy atom. The molecule has 1 aliphatic rings. The van der Waals surface area contributed by atoms with Crippen LogP contribution < -0.4 is 5.32 Å². The van der Waals surface area contributed by atoms with E-state index in [1.54, 1.807) is 6.20 Å². The summed E-state index contributed by atoms with van der Waals surface area (Å²) in [6, 6.07) is 5.92. The molecule has 0 spiro atoms. The van der Waals surface area contributed by atoms with Gasteiger partial charge in [0.25, 0.3) is 0 Å². The lowest BCUT2D eigenvalue weighted by atomic mass is 10.3. The second-order valence-electron chi connectivity index (χ2n) is 3.22. The molecule has 1 aliphatic heterocycles. The Morgan fingerprint density at radius 1 is 1.35 bits per heavy atom. The van der Waals surface area contributed by atoms with E-state index in [0.29, 0.717) is 0 Å². The SMILES string of the molecule is C1=CC=CN(CNCc2ccccn2)C=1.CC. The Kier molecular flexibility index (Phi) is 6.49. The molecule has 0 amide bonds. The first kappa shape index (κ1) is 13.2. The van der Waals surface area contributed by atoms with Crippen molar-refractivity contribution in [2.45, 2.75) is 20.4 Å². The van der Waals surface area contributed by atoms with Crippen LogP contribution >= 0.6 is 0 Å². The van der Waals surface area contributed by atoms with E-state index in [1.165, 1.54) is 0 Å². The molecule has 2 heterocycles. The largest absolute Gasteiger partial charge is 0.334 e. The normalized spacial score (nSPS) is 12.2. The maximum absolute atomic E-state index is 4.23. The van der Waals surface area contributed by atoms with Crippen molar-refractivity contribution in [2.75, 3.05) is 6.67 Å². The molecule has 0 unspecified atom stereocenters. The molecule has 0 radical (unpaired) electrons. The Hall–Kier alpha value is -1.83. The van der Waals surface area contributed by atoms with Gasteiger partial charge < -0.3 is 4.90 Å². The minimum absolute atomic E-state index is 0.772. The van der Waals surface area contributed by atoms with E-state index in [9.17, 15) is 0 Å². The fraction of sp³-hybridized carbons (Fsp3) is 0.286. The number of hydrogen-bond acceptors (Lipinski definition) is 3. The number of hydrogen-bond donors (Lipinski definition) is 1. The van der Waals surface area contributed by atoms with Gasteiger partial charge in [-0.1, -0.05) is 19.9 Å². The summed E-state index contributed by atoms with van der Waals surface area (Å²) in [7, 11) is 0. The van der Waals surface area contributed by atoms with E-state index >= 15 is 0 Å². The fourth-order valence-corrected chi connectivity index (χ4v) is 1.31. The molecule has 1 aromatic heterocycles. The summed E-state index contributed by atoms with van der Waals surface area (Å²) in [5.41, 5.74) is 4.07. The van der Waals surface area contributed by atoms with Crippen molar-refractivity contribution in [2.24, 2.45) is 0 Å². The van der Waals surface area contributed by atoms with E-state index in [4.69, 9.17) is 0 Å². The molecule has 0 saturated heterocycles. The van der Waals surface area contributed by atoms with Crippen molar-refractivity contribution in [3.63, 3.8) is 0 Å². The molecule has 1 N–H and O–H groups in total. The average molecular weight is 229 g/mol. The van der Waals surface area contributed by atoms with Crippen molar-refractivity contribution in [3.05, 3.63) is 60.4 Å². The van der Waals surface area contributed by atoms with Gasteiger partial charge in [0, 0.05) is 25.1 Å². The van der Waals surface area contributed by atoms with Crippen LogP contribution in [0.4, 0.5) is 0 Å². The van der Waals surface area contributed by atoms with Crippen LogP contribution in [0.2, 0.25) is 0 Å². The Morgan fingerprint density at radius 3 is 2.88 bits per heavy atom. The first-order valence-electron chi connectivity index (χ1n) is 5.91. The van der Waals surface area contributed by atoms with E-state index in [0.717, 1.165) is 18.9 Å². The first-order chi connectivity index (χ1) is 8.45. The second kappa shape index (κ2) is 8.34. The van der Waals surface area contributed by atoms with Crippen molar-refractivity contribution in [3.8, 4) is 0 Å². The predicted molar refractivity (Wildman–Crippen MR) is 70.9 cm³/mol. The third kappa shape index (κ3) is 5.16. The molecule has 1 aromatic rings. The maximum atomic E-state index is 4.23. The minimum Gasteiger partial charge on any atom is -0.334 e. The van der Waals surface area contributed by atoms with Crippen molar-refractivity contribution in [1.29, 1.82) is 0 Å². The summed E-state index contributed by atoms with van der Waals surface area (Å²) in [5.74, 6) is 0. The van der Waals surface area contributed by atoms with Crippen LogP contribution in [0, 0.1) is 0 Å². The zero-order valence-corrected chi connectivity index (χ0v) is 10.4. The summed E-state index contributed by atoms with van der Waals surface area (Å²) in [4.78, 5) is 6.26. The zero-order chi connectivity index (χ0) is 12.3. The third-order valence-corrected chi connectivity index (χ3v) is 2.04. The number of allylic oxidation sites excluding steroid dienone is 2. The highest BCUT2D eigenvalue weighted by Gasteiger charge is 1.96. The molecule has 3 heteroatoms. The summed E-state index contributed by atoms with van der Waals surface area (Å²) in [6.45, 7) is 5.55. The Labute approximate surface area is 103 Å². The van der Waals surface area contributed by atoms with E-state index in [2.05, 4.69) is 16.0 Å². The summed E-state index contributed by atoms with van der Waals surface area (Å²) < 4.78 is 0. The number of aromatic nitrogens is 1. The Balaban J connectivity index is 0.000000686. The van der Waals surface area contributed by atoms with Crippen LogP contribution in [0.25, 0.3) is 0 Å². The van der Waals surface area contributed by atoms with Crippen LogP contribution in [0.5, 0.6) is 0 Å². The number of nitrogens with one attached hydrogen (secondary N) is 1. The lowest BCUT2D eigenvalue weighted by molar-refractivity contribution is 0.441. The van der Waals surface area contributed by atoms with Gasteiger partial charge in [0.15, 0.2) is 0 Å². The molecule has 0 aromatic carbocycles. The standard InChI is InChI=1S/C12H13N3.C2H6/c1-4-8-15(9-5-1)11-13-10-12-6-2-3-7-14-12;1-2/h1-4,6-9,13H,10-11H2;1-2H3. The van der Waals surface area contributed by atoms with Gasteiger partial charge in [0.1, 0.15) is 0 Å². The quantitative estimate of drug-likeness (QED) is 0.804. The molecule has 0 aliphatic carbocycles. The molecule has 3 nitrogen and oxygen atoms in total. The highest BCUT2D eigenvalue weighted by molar-refractivity contribution is 5.08. The molecular formula is C14H19N3. The van der Waals surface area contributed by atoms with Gasteiger partial charge in [-0.05, 0) is 24.3 Å². The van der Waals surface area contributed by atoms with Gasteiger partial charge in [-0.15, -0.1) is 5.73 Å². The van der Waals surface area contributed by atoms with Gasteiger partial charge in [-0.2, -0.15) is 0 Å². The first-order valence-corrected chi connectivity index (χ1v) is 5.91. The number of rotatable bonds is 4. The molecular weight excluding hydrogens is 210 g/mol. The summed E-state index contributed by atoms with van der Waals surface area (Å²) in [6.07, 6.45) is 9.56. The van der Waals surface area contributed by atoms with Crippen molar-refractivity contribution in [1.82, 2.24) is 15.2 Å². The minimum atomic E-state index is 0.772. The van der Waals surface area contributed by atoms with Gasteiger partial charge in [-0.25, -0.2) is 0 Å². The monoisotopic (exact) mass is 229 g/mol. The van der Waals surface area contributed by atoms with Crippen LogP contribution in [0.1, 0.15) is 19.5 Å². The summed E-state index contributed by atoms with van der Waals surface area (Å²) >= 11 is 0. The van der Waals surface area contributed by atoms with E-state index in [1.807, 2.05) is 61.5 Å². The van der Waals surface area contributed by atoms with Crippen LogP contribution in [-0.2, 0) is 6.54 Å². The van der Waals surface area contributed by atoms with E-state index < -0.39 is 0 Å². The molecule has 0 saturated carbocycles. The van der Waals surface area contributed by atoms with Gasteiger partial charge in [0.2, 0.25) is 0 Å². The van der Waals surface area contributed by atoms with Crippen molar-refractivity contribution < 1.29 is 0 Å². The second-order valence-corrected chi connectivity index (χ2v) is 3.22. The van der Waals surface area contributed by atoms with Crippen LogP contribution in [0.3, 0.4) is 0 Å². The number of pyridine rings is 1. The topological polar surface area (TPSA) is 28.2 Å². The average Bonchev–Trinajstić information content (AvgIpc) is 2.43. The zero-order valence-electron chi connectivity index (χ0n) is 10.4. The van der Waals surface area contributed by atoms with Gasteiger partial charge in [0.05, 0.1) is 12.4 Å². The van der Waals surface area contributed by atoms with Gasteiger partial charge in [-0.3, -0.25) is 10.3 Å². The highest BCUT2D eigenvalue weighted by atomic mass is 15.2. The van der Waals surface area contributed by atoms with Crippen LogP contribution in [0.15, 0.2) is 54.7 Å². The molecule has 0 bridgehead atoms. The van der Waals surface area contributed by atoms with Crippen molar-refractivity contribution >= 4 is 0 Å². The summed E-state index contributed by atoms with van der Waals surface area (Å²) in [5, 5.41) is 3.30. The van der Waals surface area contributed by atoms with Gasteiger partial charge >= 0.3 is 0 Å². The van der Waals surface area contributed by atoms with Crippen LogP contribution in [-0.4, -0.2) is 16.6 Å². The fourth-order valence-electron chi connectivity index (χ4n) is 1.31. The molecule has 0 atom stereocenters. The molecule has 90 valence electrons. The van der Waals surface area contributed by atoms with E-state index in [-0.39, 0.29) is 0 Å². The number of nitrogens with zero attached hydrogens (tertiary/aromatic N) is 2. The lowest BCUT2D eigenvalue weighted by Crippen LogP contribution is -2.26.